The summed E-state index contributed by atoms with van der Waals surface area (Å²) >= 11 is 2.83. The molecule has 58 valence electrons. The summed E-state index contributed by atoms with van der Waals surface area (Å²) in [5, 5.41) is 1.23. The maximum atomic E-state index is 2.83. The van der Waals surface area contributed by atoms with Gasteiger partial charge in [-0.3, -0.25) is 0 Å². The van der Waals surface area contributed by atoms with E-state index in [2.05, 4.69) is 44.0 Å². The van der Waals surface area contributed by atoms with Crippen LogP contribution in [0.1, 0.15) is 40.5 Å². The van der Waals surface area contributed by atoms with E-state index in [1.807, 2.05) is 0 Å². The molecule has 0 aliphatic heterocycles. The standard InChI is InChI=1S/C9H19.Al/c1-6-7-9(4,5)8(2)3;/h8H,2,6-7H2,1,3-5H3;/t8-;/m0./s1. The van der Waals surface area contributed by atoms with E-state index < -0.39 is 0 Å². The highest BCUT2D eigenvalue weighted by Crippen LogP contribution is 2.33. The largest absolute Gasteiger partial charge is 0.118 e. The first-order valence-corrected chi connectivity index (χ1v) is 5.06. The van der Waals surface area contributed by atoms with Crippen molar-refractivity contribution in [2.24, 2.45) is 11.3 Å². The van der Waals surface area contributed by atoms with Gasteiger partial charge in [0.1, 0.15) is 16.3 Å². The highest BCUT2D eigenvalue weighted by atomic mass is 27.0. The lowest BCUT2D eigenvalue weighted by molar-refractivity contribution is 0.227. The van der Waals surface area contributed by atoms with Gasteiger partial charge < -0.3 is 0 Å². The molecule has 0 aromatic heterocycles. The zero-order valence-electron chi connectivity index (χ0n) is 7.78. The summed E-state index contributed by atoms with van der Waals surface area (Å²) in [5.41, 5.74) is 0.538. The van der Waals surface area contributed by atoms with Crippen LogP contribution in [0.25, 0.3) is 0 Å². The first kappa shape index (κ1) is 10.5. The Morgan fingerprint density at radius 2 is 1.90 bits per heavy atom. The zero-order chi connectivity index (χ0) is 8.20. The molecule has 0 aromatic rings. The van der Waals surface area contributed by atoms with Gasteiger partial charge in [0, 0.05) is 0 Å². The fraction of sp³-hybridized carbons (Fsp3) is 1.00. The Balaban J connectivity index is 3.82. The molecule has 0 aliphatic carbocycles. The predicted octanol–water partition coefficient (Wildman–Crippen LogP) is 3.04. The number of rotatable bonds is 4. The van der Waals surface area contributed by atoms with Crippen molar-refractivity contribution in [2.45, 2.75) is 45.8 Å². The van der Waals surface area contributed by atoms with Crippen LogP contribution in [0, 0.1) is 11.3 Å². The van der Waals surface area contributed by atoms with Gasteiger partial charge in [0.05, 0.1) is 0 Å². The van der Waals surface area contributed by atoms with Gasteiger partial charge in [-0.2, -0.15) is 0 Å². The molecule has 2 radical (unpaired) electrons. The average Bonchev–Trinajstić information content (AvgIpc) is 1.86. The zero-order valence-corrected chi connectivity index (χ0v) is 8.93. The molecule has 0 aromatic carbocycles. The van der Waals surface area contributed by atoms with Crippen molar-refractivity contribution in [2.75, 3.05) is 0 Å². The fourth-order valence-electron chi connectivity index (χ4n) is 1.21. The van der Waals surface area contributed by atoms with E-state index in [-0.39, 0.29) is 0 Å². The third kappa shape index (κ3) is 3.08. The Morgan fingerprint density at radius 3 is 2.20 bits per heavy atom. The Labute approximate surface area is 73.8 Å². The second-order valence-electron chi connectivity index (χ2n) is 3.88. The summed E-state index contributed by atoms with van der Waals surface area (Å²) in [6.45, 7) is 9.33. The molecule has 0 nitrogen and oxygen atoms in total. The van der Waals surface area contributed by atoms with Gasteiger partial charge in [0.2, 0.25) is 0 Å². The normalized spacial score (nSPS) is 15.2. The molecule has 0 heterocycles. The van der Waals surface area contributed by atoms with Gasteiger partial charge in [-0.05, 0) is 11.8 Å². The van der Waals surface area contributed by atoms with Gasteiger partial charge in [-0.15, -0.1) is 5.28 Å². The Kier molecular flexibility index (Phi) is 4.65. The van der Waals surface area contributed by atoms with E-state index in [9.17, 15) is 0 Å². The Bertz CT molecular complexity index is 86.7. The van der Waals surface area contributed by atoms with E-state index in [0.29, 0.717) is 5.41 Å². The summed E-state index contributed by atoms with van der Waals surface area (Å²) in [7, 11) is 0. The second kappa shape index (κ2) is 4.42. The maximum absolute atomic E-state index is 2.83. The van der Waals surface area contributed by atoms with Crippen molar-refractivity contribution in [3.8, 4) is 0 Å². The Hall–Kier alpha value is 0.532. The van der Waals surface area contributed by atoms with Crippen LogP contribution in [0.4, 0.5) is 0 Å². The van der Waals surface area contributed by atoms with Gasteiger partial charge in [-0.25, -0.2) is 0 Å². The monoisotopic (exact) mass is 154 g/mol. The van der Waals surface area contributed by atoms with Crippen LogP contribution in [0.5, 0.6) is 0 Å². The predicted molar refractivity (Wildman–Crippen MR) is 48.4 cm³/mol. The lowest BCUT2D eigenvalue weighted by atomic mass is 9.77. The number of hydrogen-bond donors (Lipinski definition) is 0. The molecule has 0 N–H and O–H groups in total. The van der Waals surface area contributed by atoms with E-state index >= 15 is 0 Å². The molecule has 0 aliphatic rings. The van der Waals surface area contributed by atoms with Crippen molar-refractivity contribution < 1.29 is 0 Å². The van der Waals surface area contributed by atoms with Gasteiger partial charge in [0.15, 0.2) is 0 Å². The van der Waals surface area contributed by atoms with Gasteiger partial charge in [-0.1, -0.05) is 40.0 Å². The topological polar surface area (TPSA) is 0 Å². The molecule has 0 spiro atoms. The minimum Gasteiger partial charge on any atom is -0.115 e. The van der Waals surface area contributed by atoms with Crippen LogP contribution in [-0.4, -0.2) is 16.3 Å². The van der Waals surface area contributed by atoms with Crippen molar-refractivity contribution in [3.05, 3.63) is 0 Å². The van der Waals surface area contributed by atoms with Crippen LogP contribution in [0.3, 0.4) is 0 Å². The highest BCUT2D eigenvalue weighted by Gasteiger charge is 2.22. The quantitative estimate of drug-likeness (QED) is 0.546. The van der Waals surface area contributed by atoms with Crippen molar-refractivity contribution in [1.82, 2.24) is 0 Å². The molecule has 0 bridgehead atoms. The molecule has 1 atom stereocenters. The van der Waals surface area contributed by atoms with E-state index in [1.165, 1.54) is 18.1 Å². The lowest BCUT2D eigenvalue weighted by Crippen LogP contribution is -2.20. The molecule has 1 heteroatoms. The third-order valence-corrected chi connectivity index (χ3v) is 3.29. The molecule has 0 saturated carbocycles. The van der Waals surface area contributed by atoms with Gasteiger partial charge >= 0.3 is 0 Å². The SMILES string of the molecule is CCCC(C)(C)[C@H](C)[CH2][Al]. The second-order valence-corrected chi connectivity index (χ2v) is 4.35. The third-order valence-electron chi connectivity index (χ3n) is 2.58. The summed E-state index contributed by atoms with van der Waals surface area (Å²) < 4.78 is 0. The van der Waals surface area contributed by atoms with E-state index in [4.69, 9.17) is 0 Å². The lowest BCUT2D eigenvalue weighted by Gasteiger charge is -2.31. The Morgan fingerprint density at radius 1 is 1.40 bits per heavy atom. The van der Waals surface area contributed by atoms with Crippen molar-refractivity contribution in [3.63, 3.8) is 0 Å². The van der Waals surface area contributed by atoms with E-state index in [0.717, 1.165) is 5.92 Å². The molecule has 0 rings (SSSR count). The first-order valence-electron chi connectivity index (χ1n) is 4.24. The maximum Gasteiger partial charge on any atom is 0.118 e. The molecule has 0 amide bonds. The van der Waals surface area contributed by atoms with Crippen LogP contribution in [0.15, 0.2) is 0 Å². The van der Waals surface area contributed by atoms with Crippen LogP contribution in [0.2, 0.25) is 5.28 Å². The highest BCUT2D eigenvalue weighted by molar-refractivity contribution is 6.08. The van der Waals surface area contributed by atoms with Crippen molar-refractivity contribution in [1.29, 1.82) is 0 Å². The molecule has 0 unspecified atom stereocenters. The van der Waals surface area contributed by atoms with E-state index in [1.54, 1.807) is 0 Å². The van der Waals surface area contributed by atoms with Crippen LogP contribution < -0.4 is 0 Å². The molecule has 10 heavy (non-hydrogen) atoms. The molecular weight excluding hydrogens is 135 g/mol. The molecular formula is C9H19Al. The molecule has 0 saturated heterocycles. The minimum atomic E-state index is 0.538. The minimum absolute atomic E-state index is 0.538. The van der Waals surface area contributed by atoms with Gasteiger partial charge in [0.25, 0.3) is 0 Å². The summed E-state index contributed by atoms with van der Waals surface area (Å²) in [6, 6.07) is 0. The van der Waals surface area contributed by atoms with Crippen LogP contribution in [-0.2, 0) is 0 Å². The van der Waals surface area contributed by atoms with Crippen LogP contribution >= 0.6 is 0 Å². The smallest absolute Gasteiger partial charge is 0.115 e. The average molecular weight is 154 g/mol. The summed E-state index contributed by atoms with van der Waals surface area (Å²) in [4.78, 5) is 0. The van der Waals surface area contributed by atoms with Crippen molar-refractivity contribution >= 4 is 16.3 Å². The molecule has 0 fully saturated rings. The first-order chi connectivity index (χ1) is 4.54. The number of hydrogen-bond acceptors (Lipinski definition) is 0. The fourth-order valence-corrected chi connectivity index (χ4v) is 1.85. The summed E-state index contributed by atoms with van der Waals surface area (Å²) in [6.07, 6.45) is 2.66. The summed E-state index contributed by atoms with van der Waals surface area (Å²) in [5.74, 6) is 0.831.